The maximum atomic E-state index is 11.0. The van der Waals surface area contributed by atoms with Crippen LogP contribution >= 0.6 is 0 Å². The van der Waals surface area contributed by atoms with Gasteiger partial charge in [0.05, 0.1) is 49.7 Å². The summed E-state index contributed by atoms with van der Waals surface area (Å²) in [6.45, 7) is 5.27. The molecule has 0 aliphatic carbocycles. The lowest BCUT2D eigenvalue weighted by Gasteiger charge is -2.18. The smallest absolute Gasteiger partial charge is 0.335 e. The van der Waals surface area contributed by atoms with E-state index in [0.717, 1.165) is 96.9 Å². The van der Waals surface area contributed by atoms with Crippen molar-refractivity contribution in [2.45, 2.75) is 160 Å². The van der Waals surface area contributed by atoms with E-state index in [2.05, 4.69) is 0 Å². The van der Waals surface area contributed by atoms with Crippen molar-refractivity contribution in [1.82, 2.24) is 0 Å². The largest absolute Gasteiger partial charge is 0.494 e. The second-order valence-electron chi connectivity index (χ2n) is 17.2. The number of rotatable bonds is 44. The number of carboxylic acids is 3. The Morgan fingerprint density at radius 1 is 0.318 bits per heavy atom. The Balaban J connectivity index is 1.17. The zero-order valence-electron chi connectivity index (χ0n) is 39.6. The van der Waals surface area contributed by atoms with E-state index in [1.807, 2.05) is 0 Å². The predicted molar refractivity (Wildman–Crippen MR) is 259 cm³/mol. The standard InChI is InChI=1S/C54H80O12/c55-52(56)45-25-31-48(32-26-45)63-39-21-15-9-3-1-7-13-19-37-61-43-51(66-42-24-18-12-6-5-11-17-23-41-65-50-35-29-47(30-36-50)54(59)60)44-62-38-20-14-8-2-4-10-16-22-40-64-49-33-27-46(28-34-49)53(57)58/h25-36,51H,1-24,37-44H2,(H,55,56)(H,57,58)(H,59,60). The average Bonchev–Trinajstić information content (AvgIpc) is 3.32. The van der Waals surface area contributed by atoms with Crippen molar-refractivity contribution in [3.63, 3.8) is 0 Å². The molecule has 3 aromatic carbocycles. The molecule has 0 radical (unpaired) electrons. The third kappa shape index (κ3) is 28.4. The summed E-state index contributed by atoms with van der Waals surface area (Å²) in [4.78, 5) is 33.0. The monoisotopic (exact) mass is 921 g/mol. The quantitative estimate of drug-likeness (QED) is 0.0460. The van der Waals surface area contributed by atoms with Gasteiger partial charge in [-0.25, -0.2) is 14.4 Å². The van der Waals surface area contributed by atoms with Crippen LogP contribution in [0.25, 0.3) is 0 Å². The highest BCUT2D eigenvalue weighted by Crippen LogP contribution is 2.17. The summed E-state index contributed by atoms with van der Waals surface area (Å²) in [7, 11) is 0. The summed E-state index contributed by atoms with van der Waals surface area (Å²) in [5, 5.41) is 27.1. The van der Waals surface area contributed by atoms with E-state index in [9.17, 15) is 14.4 Å². The SMILES string of the molecule is O=C(O)c1ccc(OCCCCCCCCCCOCC(COCCCCCCCCCCOc2ccc(C(=O)O)cc2)OCCCCCCCCCCOc2ccc(C(=O)O)cc2)cc1. The van der Waals surface area contributed by atoms with Crippen LogP contribution in [0.1, 0.15) is 185 Å². The molecule has 3 rings (SSSR count). The first kappa shape index (κ1) is 55.7. The first-order valence-corrected chi connectivity index (χ1v) is 25.0. The lowest BCUT2D eigenvalue weighted by molar-refractivity contribution is -0.0616. The second kappa shape index (κ2) is 37.4. The third-order valence-corrected chi connectivity index (χ3v) is 11.5. The molecule has 3 N–H and O–H groups in total. The molecule has 0 aliphatic heterocycles. The molecule has 0 aliphatic rings. The molecule has 0 bridgehead atoms. The number of ether oxygens (including phenoxy) is 6. The molecule has 0 fully saturated rings. The summed E-state index contributed by atoms with van der Waals surface area (Å²) in [6, 6.07) is 19.7. The van der Waals surface area contributed by atoms with Gasteiger partial charge in [-0.3, -0.25) is 0 Å². The van der Waals surface area contributed by atoms with Crippen LogP contribution in [0.3, 0.4) is 0 Å². The normalized spacial score (nSPS) is 11.2. The minimum absolute atomic E-state index is 0.0523. The molecule has 0 heterocycles. The van der Waals surface area contributed by atoms with Crippen molar-refractivity contribution < 1.29 is 58.1 Å². The third-order valence-electron chi connectivity index (χ3n) is 11.5. The fraction of sp³-hybridized carbons (Fsp3) is 0.611. The predicted octanol–water partition coefficient (Wildman–Crippen LogP) is 13.1. The molecule has 66 heavy (non-hydrogen) atoms. The molecular formula is C54H80O12. The van der Waals surface area contributed by atoms with Crippen LogP contribution in [-0.4, -0.2) is 92.2 Å². The van der Waals surface area contributed by atoms with E-state index < -0.39 is 17.9 Å². The summed E-state index contributed by atoms with van der Waals surface area (Å²) >= 11 is 0. The summed E-state index contributed by atoms with van der Waals surface area (Å²) in [6.07, 6.45) is 27.5. The number of unbranched alkanes of at least 4 members (excludes halogenated alkanes) is 21. The van der Waals surface area contributed by atoms with E-state index in [-0.39, 0.29) is 22.8 Å². The van der Waals surface area contributed by atoms with Crippen molar-refractivity contribution in [2.24, 2.45) is 0 Å². The minimum atomic E-state index is -0.930. The van der Waals surface area contributed by atoms with Crippen molar-refractivity contribution in [3.05, 3.63) is 89.5 Å². The Morgan fingerprint density at radius 2 is 0.545 bits per heavy atom. The molecule has 0 atom stereocenters. The fourth-order valence-electron chi connectivity index (χ4n) is 7.47. The number of hydrogen-bond donors (Lipinski definition) is 3. The van der Waals surface area contributed by atoms with Gasteiger partial charge in [-0.2, -0.15) is 0 Å². The van der Waals surface area contributed by atoms with Crippen LogP contribution in [0, 0.1) is 0 Å². The van der Waals surface area contributed by atoms with Gasteiger partial charge in [-0.15, -0.1) is 0 Å². The van der Waals surface area contributed by atoms with E-state index in [1.165, 1.54) is 77.0 Å². The van der Waals surface area contributed by atoms with Gasteiger partial charge < -0.3 is 43.7 Å². The molecule has 0 spiro atoms. The van der Waals surface area contributed by atoms with Gasteiger partial charge in [0.25, 0.3) is 0 Å². The lowest BCUT2D eigenvalue weighted by Crippen LogP contribution is -2.26. The summed E-state index contributed by atoms with van der Waals surface area (Å²) in [5.41, 5.74) is 0.803. The van der Waals surface area contributed by atoms with E-state index in [1.54, 1.807) is 72.8 Å². The van der Waals surface area contributed by atoms with Crippen LogP contribution in [0.5, 0.6) is 17.2 Å². The molecule has 0 unspecified atom stereocenters. The van der Waals surface area contributed by atoms with Crippen molar-refractivity contribution in [1.29, 1.82) is 0 Å². The topological polar surface area (TPSA) is 167 Å². The molecule has 0 saturated heterocycles. The van der Waals surface area contributed by atoms with Gasteiger partial charge in [0, 0.05) is 19.8 Å². The number of benzene rings is 3. The van der Waals surface area contributed by atoms with Crippen molar-refractivity contribution in [2.75, 3.05) is 52.9 Å². The number of carboxylic acid groups (broad SMARTS) is 3. The molecule has 12 nitrogen and oxygen atoms in total. The molecule has 0 amide bonds. The second-order valence-corrected chi connectivity index (χ2v) is 17.2. The molecule has 0 aromatic heterocycles. The Bertz CT molecular complexity index is 1580. The molecule has 3 aromatic rings. The summed E-state index contributed by atoms with van der Waals surface area (Å²) < 4.78 is 35.7. The first-order chi connectivity index (χ1) is 32.3. The average molecular weight is 921 g/mol. The van der Waals surface area contributed by atoms with Gasteiger partial charge in [0.15, 0.2) is 0 Å². The van der Waals surface area contributed by atoms with Crippen LogP contribution in [0.15, 0.2) is 72.8 Å². The molecule has 368 valence electrons. The number of aromatic carboxylic acids is 3. The first-order valence-electron chi connectivity index (χ1n) is 25.0. The lowest BCUT2D eigenvalue weighted by atomic mass is 10.1. The number of hydrogen-bond acceptors (Lipinski definition) is 9. The van der Waals surface area contributed by atoms with E-state index >= 15 is 0 Å². The van der Waals surface area contributed by atoms with Crippen LogP contribution in [0.2, 0.25) is 0 Å². The van der Waals surface area contributed by atoms with Gasteiger partial charge in [0.1, 0.15) is 23.4 Å². The Kier molecular flexibility index (Phi) is 31.6. The molecule has 0 saturated carbocycles. The highest BCUT2D eigenvalue weighted by Gasteiger charge is 2.11. The maximum absolute atomic E-state index is 11.0. The summed E-state index contributed by atoms with van der Waals surface area (Å²) in [5.74, 6) is -0.652. The maximum Gasteiger partial charge on any atom is 0.335 e. The Morgan fingerprint density at radius 3 is 0.803 bits per heavy atom. The van der Waals surface area contributed by atoms with Crippen molar-refractivity contribution in [3.8, 4) is 17.2 Å². The van der Waals surface area contributed by atoms with Gasteiger partial charge >= 0.3 is 17.9 Å². The highest BCUT2D eigenvalue weighted by atomic mass is 16.6. The van der Waals surface area contributed by atoms with Crippen LogP contribution in [-0.2, 0) is 14.2 Å². The van der Waals surface area contributed by atoms with Crippen LogP contribution in [0.4, 0.5) is 0 Å². The highest BCUT2D eigenvalue weighted by molar-refractivity contribution is 5.88. The zero-order valence-corrected chi connectivity index (χ0v) is 39.6. The van der Waals surface area contributed by atoms with Crippen molar-refractivity contribution >= 4 is 17.9 Å². The fourth-order valence-corrected chi connectivity index (χ4v) is 7.47. The molecular weight excluding hydrogens is 841 g/mol. The van der Waals surface area contributed by atoms with E-state index in [0.29, 0.717) is 50.3 Å². The minimum Gasteiger partial charge on any atom is -0.494 e. The zero-order chi connectivity index (χ0) is 47.1. The molecule has 12 heteroatoms. The van der Waals surface area contributed by atoms with Crippen LogP contribution < -0.4 is 14.2 Å². The Hall–Kier alpha value is -4.65. The van der Waals surface area contributed by atoms with Gasteiger partial charge in [0.2, 0.25) is 0 Å². The van der Waals surface area contributed by atoms with E-state index in [4.69, 9.17) is 43.7 Å². The van der Waals surface area contributed by atoms with Gasteiger partial charge in [-0.05, 0) is 111 Å². The Labute approximate surface area is 394 Å². The number of carbonyl (C=O) groups is 3. The van der Waals surface area contributed by atoms with Gasteiger partial charge in [-0.1, -0.05) is 116 Å².